The smallest absolute Gasteiger partial charge is 0.322 e. The Morgan fingerprint density at radius 1 is 1.21 bits per heavy atom. The molecular weight excluding hydrogens is 314 g/mol. The third-order valence-corrected chi connectivity index (χ3v) is 3.34. The van der Waals surface area contributed by atoms with E-state index in [1.165, 1.54) is 18.0 Å². The molecule has 0 saturated carbocycles. The van der Waals surface area contributed by atoms with Crippen LogP contribution in [-0.2, 0) is 7.05 Å². The Labute approximate surface area is 137 Å². The van der Waals surface area contributed by atoms with Crippen molar-refractivity contribution in [1.82, 2.24) is 20.0 Å². The Kier molecular flexibility index (Phi) is 4.15. The first-order valence-corrected chi connectivity index (χ1v) is 6.97. The fraction of sp³-hybridized carbons (Fsp3) is 0.200. The van der Waals surface area contributed by atoms with Gasteiger partial charge in [0.2, 0.25) is 0 Å². The van der Waals surface area contributed by atoms with Gasteiger partial charge in [0.1, 0.15) is 17.2 Å². The maximum atomic E-state index is 12.1. The fourth-order valence-electron chi connectivity index (χ4n) is 2.12. The summed E-state index contributed by atoms with van der Waals surface area (Å²) in [6.07, 6.45) is 1.52. The molecule has 0 fully saturated rings. The molecule has 9 heteroatoms. The number of carbonyl (C=O) groups is 1. The van der Waals surface area contributed by atoms with Crippen LogP contribution in [0.2, 0.25) is 0 Å². The number of nitrogens with one attached hydrogen (secondary N) is 1. The maximum absolute atomic E-state index is 12.1. The van der Waals surface area contributed by atoms with E-state index >= 15 is 0 Å². The summed E-state index contributed by atoms with van der Waals surface area (Å²) >= 11 is 0. The molecule has 24 heavy (non-hydrogen) atoms. The molecule has 0 atom stereocenters. The average Bonchev–Trinajstić information content (AvgIpc) is 3.23. The van der Waals surface area contributed by atoms with E-state index in [4.69, 9.17) is 13.9 Å². The van der Waals surface area contributed by atoms with Crippen LogP contribution < -0.4 is 14.8 Å². The molecule has 0 unspecified atom stereocenters. The van der Waals surface area contributed by atoms with Crippen LogP contribution in [0.25, 0.3) is 11.5 Å². The van der Waals surface area contributed by atoms with E-state index < -0.39 is 5.91 Å². The Morgan fingerprint density at radius 2 is 2.04 bits per heavy atom. The van der Waals surface area contributed by atoms with Crippen molar-refractivity contribution in [3.05, 3.63) is 36.2 Å². The minimum atomic E-state index is -0.396. The van der Waals surface area contributed by atoms with Crippen molar-refractivity contribution in [2.75, 3.05) is 19.5 Å². The second kappa shape index (κ2) is 6.41. The molecule has 124 valence electrons. The van der Waals surface area contributed by atoms with Crippen molar-refractivity contribution in [1.29, 1.82) is 0 Å². The minimum Gasteiger partial charge on any atom is -0.497 e. The molecule has 1 N–H and O–H groups in total. The molecule has 0 aliphatic carbocycles. The molecule has 2 aromatic heterocycles. The summed E-state index contributed by atoms with van der Waals surface area (Å²) in [7, 11) is 4.75. The number of aryl methyl sites for hydroxylation is 1. The lowest BCUT2D eigenvalue weighted by Crippen LogP contribution is -2.16. The van der Waals surface area contributed by atoms with Crippen molar-refractivity contribution in [2.24, 2.45) is 7.05 Å². The average molecular weight is 329 g/mol. The molecule has 0 saturated heterocycles. The highest BCUT2D eigenvalue weighted by Gasteiger charge is 2.17. The monoisotopic (exact) mass is 329 g/mol. The van der Waals surface area contributed by atoms with Crippen LogP contribution in [0.5, 0.6) is 11.5 Å². The molecule has 3 rings (SSSR count). The first-order valence-electron chi connectivity index (χ1n) is 6.97. The Hall–Kier alpha value is -3.36. The van der Waals surface area contributed by atoms with Crippen molar-refractivity contribution in [3.8, 4) is 23.0 Å². The first-order chi connectivity index (χ1) is 11.6. The third kappa shape index (κ3) is 2.91. The molecule has 9 nitrogen and oxygen atoms in total. The normalized spacial score (nSPS) is 10.5. The van der Waals surface area contributed by atoms with Crippen molar-refractivity contribution < 1.29 is 18.7 Å². The largest absolute Gasteiger partial charge is 0.497 e. The standard InChI is InChI=1S/C15H15N5O4/c1-20-11(6-7-16-20)13(21)17-15-19-18-14(24-15)10-5-4-9(22-2)8-12(10)23-3/h4-8H,1-3H3,(H,17,19,21). The third-order valence-electron chi connectivity index (χ3n) is 3.34. The summed E-state index contributed by atoms with van der Waals surface area (Å²) in [4.78, 5) is 12.1. The van der Waals surface area contributed by atoms with E-state index in [0.29, 0.717) is 22.8 Å². The van der Waals surface area contributed by atoms with E-state index in [-0.39, 0.29) is 11.9 Å². The number of benzene rings is 1. The zero-order valence-electron chi connectivity index (χ0n) is 13.3. The summed E-state index contributed by atoms with van der Waals surface area (Å²) in [6.45, 7) is 0. The molecule has 1 amide bonds. The van der Waals surface area contributed by atoms with Gasteiger partial charge in [0.25, 0.3) is 11.8 Å². The molecular formula is C15H15N5O4. The molecule has 0 spiro atoms. The number of aromatic nitrogens is 4. The van der Waals surface area contributed by atoms with Gasteiger partial charge >= 0.3 is 6.01 Å². The van der Waals surface area contributed by atoms with Gasteiger partial charge in [0.05, 0.1) is 19.8 Å². The number of nitrogens with zero attached hydrogens (tertiary/aromatic N) is 4. The molecule has 0 aliphatic heterocycles. The Balaban J connectivity index is 1.83. The van der Waals surface area contributed by atoms with Crippen LogP contribution in [-0.4, -0.2) is 40.1 Å². The summed E-state index contributed by atoms with van der Waals surface area (Å²) in [5.41, 5.74) is 0.962. The Morgan fingerprint density at radius 3 is 2.71 bits per heavy atom. The van der Waals surface area contributed by atoms with Gasteiger partial charge in [-0.25, -0.2) is 0 Å². The highest BCUT2D eigenvalue weighted by atomic mass is 16.5. The molecule has 1 aromatic carbocycles. The van der Waals surface area contributed by atoms with E-state index in [9.17, 15) is 4.79 Å². The van der Waals surface area contributed by atoms with Crippen molar-refractivity contribution >= 4 is 11.9 Å². The minimum absolute atomic E-state index is 0.0194. The zero-order valence-corrected chi connectivity index (χ0v) is 13.3. The number of rotatable bonds is 5. The number of hydrogen-bond donors (Lipinski definition) is 1. The lowest BCUT2D eigenvalue weighted by molar-refractivity contribution is 0.101. The molecule has 0 radical (unpaired) electrons. The highest BCUT2D eigenvalue weighted by Crippen LogP contribution is 2.33. The van der Waals surface area contributed by atoms with Crippen LogP contribution in [0.1, 0.15) is 10.5 Å². The first kappa shape index (κ1) is 15.5. The zero-order chi connectivity index (χ0) is 17.1. The number of anilines is 1. The molecule has 2 heterocycles. The molecule has 3 aromatic rings. The van der Waals surface area contributed by atoms with E-state index in [1.807, 2.05) is 0 Å². The maximum Gasteiger partial charge on any atom is 0.322 e. The quantitative estimate of drug-likeness (QED) is 0.760. The van der Waals surface area contributed by atoms with E-state index in [0.717, 1.165) is 0 Å². The van der Waals surface area contributed by atoms with Crippen LogP contribution in [0.4, 0.5) is 6.01 Å². The number of amides is 1. The van der Waals surface area contributed by atoms with Crippen LogP contribution in [0, 0.1) is 0 Å². The number of ether oxygens (including phenoxy) is 2. The van der Waals surface area contributed by atoms with Crippen LogP contribution in [0.3, 0.4) is 0 Å². The van der Waals surface area contributed by atoms with Gasteiger partial charge in [-0.3, -0.25) is 14.8 Å². The summed E-state index contributed by atoms with van der Waals surface area (Å²) in [5, 5.41) is 14.2. The van der Waals surface area contributed by atoms with E-state index in [2.05, 4.69) is 20.6 Å². The van der Waals surface area contributed by atoms with E-state index in [1.54, 1.807) is 38.4 Å². The lowest BCUT2D eigenvalue weighted by Gasteiger charge is -2.07. The molecule has 0 bridgehead atoms. The number of methoxy groups -OCH3 is 2. The second-order valence-electron chi connectivity index (χ2n) is 4.77. The van der Waals surface area contributed by atoms with Gasteiger partial charge in [-0.15, -0.1) is 5.10 Å². The summed E-state index contributed by atoms with van der Waals surface area (Å²) in [6, 6.07) is 6.74. The predicted molar refractivity (Wildman–Crippen MR) is 84.0 cm³/mol. The fourth-order valence-corrected chi connectivity index (χ4v) is 2.12. The van der Waals surface area contributed by atoms with Gasteiger partial charge in [0.15, 0.2) is 0 Å². The topological polar surface area (TPSA) is 104 Å². The highest BCUT2D eigenvalue weighted by molar-refractivity contribution is 6.01. The van der Waals surface area contributed by atoms with Crippen molar-refractivity contribution in [3.63, 3.8) is 0 Å². The number of hydrogen-bond acceptors (Lipinski definition) is 7. The second-order valence-corrected chi connectivity index (χ2v) is 4.77. The number of carbonyl (C=O) groups excluding carboxylic acids is 1. The summed E-state index contributed by atoms with van der Waals surface area (Å²) in [5.74, 6) is 0.976. The van der Waals surface area contributed by atoms with Crippen molar-refractivity contribution in [2.45, 2.75) is 0 Å². The van der Waals surface area contributed by atoms with Crippen LogP contribution in [0.15, 0.2) is 34.9 Å². The van der Waals surface area contributed by atoms with Gasteiger partial charge in [-0.1, -0.05) is 5.10 Å². The predicted octanol–water partition coefficient (Wildman–Crippen LogP) is 1.74. The van der Waals surface area contributed by atoms with Gasteiger partial charge in [-0.05, 0) is 18.2 Å². The SMILES string of the molecule is COc1ccc(-c2nnc(NC(=O)c3ccnn3C)o2)c(OC)c1. The molecule has 0 aliphatic rings. The van der Waals surface area contributed by atoms with Gasteiger partial charge in [0, 0.05) is 19.3 Å². The lowest BCUT2D eigenvalue weighted by atomic mass is 10.2. The van der Waals surface area contributed by atoms with Crippen LogP contribution >= 0.6 is 0 Å². The summed E-state index contributed by atoms with van der Waals surface area (Å²) < 4.78 is 17.4. The van der Waals surface area contributed by atoms with Gasteiger partial charge in [-0.2, -0.15) is 5.10 Å². The van der Waals surface area contributed by atoms with Gasteiger partial charge < -0.3 is 13.9 Å². The Bertz CT molecular complexity index is 870.